The topological polar surface area (TPSA) is 75.3 Å². The van der Waals surface area contributed by atoms with Crippen LogP contribution in [0.25, 0.3) is 0 Å². The van der Waals surface area contributed by atoms with E-state index in [1.165, 1.54) is 0 Å². The van der Waals surface area contributed by atoms with Gasteiger partial charge in [-0.3, -0.25) is 4.79 Å². The molecule has 1 aliphatic rings. The molecule has 0 saturated heterocycles. The van der Waals surface area contributed by atoms with Gasteiger partial charge in [0, 0.05) is 12.6 Å². The maximum absolute atomic E-state index is 12.3. The van der Waals surface area contributed by atoms with Crippen LogP contribution in [0.4, 0.5) is 0 Å². The smallest absolute Gasteiger partial charge is 0.261 e. The van der Waals surface area contributed by atoms with Gasteiger partial charge in [-0.1, -0.05) is 6.07 Å². The number of carbonyl (C=O) groups is 1. The fourth-order valence-electron chi connectivity index (χ4n) is 2.68. The highest BCUT2D eigenvalue weighted by Gasteiger charge is 2.17. The summed E-state index contributed by atoms with van der Waals surface area (Å²) in [6.07, 6.45) is -0.660. The first kappa shape index (κ1) is 18.7. The zero-order valence-electron chi connectivity index (χ0n) is 15.6. The number of amides is 1. The van der Waals surface area contributed by atoms with Crippen LogP contribution in [-0.2, 0) is 11.3 Å². The molecule has 3 rings (SSSR count). The lowest BCUT2D eigenvalue weighted by Crippen LogP contribution is -2.35. The summed E-state index contributed by atoms with van der Waals surface area (Å²) in [5.41, 5.74) is 0.896. The third kappa shape index (κ3) is 4.55. The van der Waals surface area contributed by atoms with Gasteiger partial charge in [-0.2, -0.15) is 0 Å². The highest BCUT2D eigenvalue weighted by molar-refractivity contribution is 5.80. The molecule has 1 heterocycles. The van der Waals surface area contributed by atoms with E-state index < -0.39 is 6.10 Å². The maximum Gasteiger partial charge on any atom is 0.261 e. The van der Waals surface area contributed by atoms with E-state index in [1.807, 2.05) is 12.1 Å². The Morgan fingerprint density at radius 3 is 2.52 bits per heavy atom. The lowest BCUT2D eigenvalue weighted by atomic mass is 10.2. The van der Waals surface area contributed by atoms with Crippen molar-refractivity contribution in [3.63, 3.8) is 0 Å². The number of ether oxygens (including phenoxy) is 5. The highest BCUT2D eigenvalue weighted by atomic mass is 16.6. The first-order valence-corrected chi connectivity index (χ1v) is 8.65. The SMILES string of the molecule is COc1ccc(CNC(=O)C(C)Oc2ccc3c(c2)OCCO3)cc1OC. The number of carbonyl (C=O) groups excluding carboxylic acids is 1. The van der Waals surface area contributed by atoms with Crippen molar-refractivity contribution in [3.8, 4) is 28.7 Å². The molecule has 1 unspecified atom stereocenters. The first-order chi connectivity index (χ1) is 13.1. The van der Waals surface area contributed by atoms with Crippen molar-refractivity contribution in [2.75, 3.05) is 27.4 Å². The average molecular weight is 373 g/mol. The normalized spacial score (nSPS) is 13.4. The molecule has 1 aliphatic heterocycles. The molecule has 0 radical (unpaired) electrons. The predicted octanol–water partition coefficient (Wildman–Crippen LogP) is 2.56. The van der Waals surface area contributed by atoms with Gasteiger partial charge in [0.05, 0.1) is 14.2 Å². The Labute approximate surface area is 158 Å². The van der Waals surface area contributed by atoms with Crippen molar-refractivity contribution in [2.24, 2.45) is 0 Å². The Bertz CT molecular complexity index is 807. The number of benzene rings is 2. The van der Waals surface area contributed by atoms with Gasteiger partial charge in [-0.25, -0.2) is 0 Å². The first-order valence-electron chi connectivity index (χ1n) is 8.65. The molecule has 0 fully saturated rings. The summed E-state index contributed by atoms with van der Waals surface area (Å²) in [5.74, 6) is 2.89. The molecule has 0 bridgehead atoms. The number of hydrogen-bond donors (Lipinski definition) is 1. The highest BCUT2D eigenvalue weighted by Crippen LogP contribution is 2.33. The number of methoxy groups -OCH3 is 2. The van der Waals surface area contributed by atoms with E-state index in [2.05, 4.69) is 5.32 Å². The van der Waals surface area contributed by atoms with Crippen molar-refractivity contribution >= 4 is 5.91 Å². The molecule has 7 nitrogen and oxygen atoms in total. The number of rotatable bonds is 7. The Morgan fingerprint density at radius 2 is 1.78 bits per heavy atom. The van der Waals surface area contributed by atoms with Gasteiger partial charge in [0.25, 0.3) is 5.91 Å². The van der Waals surface area contributed by atoms with Crippen molar-refractivity contribution in [2.45, 2.75) is 19.6 Å². The Morgan fingerprint density at radius 1 is 1.04 bits per heavy atom. The summed E-state index contributed by atoms with van der Waals surface area (Å²) >= 11 is 0. The molecule has 0 aliphatic carbocycles. The van der Waals surface area contributed by atoms with Crippen molar-refractivity contribution < 1.29 is 28.5 Å². The van der Waals surface area contributed by atoms with Crippen molar-refractivity contribution in [1.82, 2.24) is 5.32 Å². The van der Waals surface area contributed by atoms with Crippen LogP contribution in [-0.4, -0.2) is 39.4 Å². The minimum absolute atomic E-state index is 0.223. The van der Waals surface area contributed by atoms with Crippen LogP contribution in [0.3, 0.4) is 0 Å². The predicted molar refractivity (Wildman–Crippen MR) is 98.9 cm³/mol. The molecule has 1 atom stereocenters. The Balaban J connectivity index is 1.56. The van der Waals surface area contributed by atoms with Crippen LogP contribution in [0.1, 0.15) is 12.5 Å². The summed E-state index contributed by atoms with van der Waals surface area (Å²) in [7, 11) is 3.15. The van der Waals surface area contributed by atoms with Gasteiger partial charge < -0.3 is 29.0 Å². The lowest BCUT2D eigenvalue weighted by molar-refractivity contribution is -0.127. The van der Waals surface area contributed by atoms with E-state index >= 15 is 0 Å². The van der Waals surface area contributed by atoms with Gasteiger partial charge >= 0.3 is 0 Å². The van der Waals surface area contributed by atoms with Gasteiger partial charge in [0.15, 0.2) is 29.1 Å². The fourth-order valence-corrected chi connectivity index (χ4v) is 2.68. The molecule has 0 spiro atoms. The summed E-state index contributed by atoms with van der Waals surface area (Å²) in [5, 5.41) is 2.85. The van der Waals surface area contributed by atoms with E-state index in [9.17, 15) is 4.79 Å². The number of fused-ring (bicyclic) bond motifs is 1. The van der Waals surface area contributed by atoms with E-state index in [0.29, 0.717) is 48.5 Å². The molecule has 7 heteroatoms. The average Bonchev–Trinajstić information content (AvgIpc) is 2.71. The summed E-state index contributed by atoms with van der Waals surface area (Å²) in [6.45, 7) is 3.08. The third-order valence-electron chi connectivity index (χ3n) is 4.11. The fraction of sp³-hybridized carbons (Fsp3) is 0.350. The molecular weight excluding hydrogens is 350 g/mol. The van der Waals surface area contributed by atoms with Crippen LogP contribution in [0.15, 0.2) is 36.4 Å². The Kier molecular flexibility index (Phi) is 5.90. The van der Waals surface area contributed by atoms with Gasteiger partial charge in [-0.05, 0) is 36.8 Å². The zero-order chi connectivity index (χ0) is 19.2. The summed E-state index contributed by atoms with van der Waals surface area (Å²) < 4.78 is 27.2. The third-order valence-corrected chi connectivity index (χ3v) is 4.11. The minimum Gasteiger partial charge on any atom is -0.493 e. The second-order valence-corrected chi connectivity index (χ2v) is 5.97. The molecule has 0 aromatic heterocycles. The van der Waals surface area contributed by atoms with Crippen LogP contribution in [0, 0.1) is 0 Å². The summed E-state index contributed by atoms with van der Waals surface area (Å²) in [4.78, 5) is 12.3. The van der Waals surface area contributed by atoms with Crippen molar-refractivity contribution in [1.29, 1.82) is 0 Å². The van der Waals surface area contributed by atoms with Gasteiger partial charge in [-0.15, -0.1) is 0 Å². The molecule has 0 saturated carbocycles. The summed E-state index contributed by atoms with van der Waals surface area (Å²) in [6, 6.07) is 10.8. The Hall–Kier alpha value is -3.09. The molecule has 2 aromatic rings. The van der Waals surface area contributed by atoms with E-state index in [1.54, 1.807) is 45.4 Å². The van der Waals surface area contributed by atoms with Gasteiger partial charge in [0.1, 0.15) is 19.0 Å². The molecule has 1 N–H and O–H groups in total. The monoisotopic (exact) mass is 373 g/mol. The van der Waals surface area contributed by atoms with Crippen molar-refractivity contribution in [3.05, 3.63) is 42.0 Å². The molecule has 144 valence electrons. The zero-order valence-corrected chi connectivity index (χ0v) is 15.6. The minimum atomic E-state index is -0.660. The molecule has 1 amide bonds. The van der Waals surface area contributed by atoms with Gasteiger partial charge in [0.2, 0.25) is 0 Å². The van der Waals surface area contributed by atoms with Crippen LogP contribution < -0.4 is 29.0 Å². The number of nitrogens with one attached hydrogen (secondary N) is 1. The molecule has 27 heavy (non-hydrogen) atoms. The lowest BCUT2D eigenvalue weighted by Gasteiger charge is -2.20. The van der Waals surface area contributed by atoms with Crippen LogP contribution in [0.2, 0.25) is 0 Å². The molecular formula is C20H23NO6. The van der Waals surface area contributed by atoms with E-state index in [-0.39, 0.29) is 5.91 Å². The van der Waals surface area contributed by atoms with E-state index in [4.69, 9.17) is 23.7 Å². The largest absolute Gasteiger partial charge is 0.493 e. The maximum atomic E-state index is 12.3. The van der Waals surface area contributed by atoms with Crippen LogP contribution >= 0.6 is 0 Å². The second-order valence-electron chi connectivity index (χ2n) is 5.97. The second kappa shape index (κ2) is 8.53. The van der Waals surface area contributed by atoms with E-state index in [0.717, 1.165) is 5.56 Å². The number of hydrogen-bond acceptors (Lipinski definition) is 6. The van der Waals surface area contributed by atoms with Crippen LogP contribution in [0.5, 0.6) is 28.7 Å². The molecule has 2 aromatic carbocycles. The standard InChI is InChI=1S/C20H23NO6/c1-13(27-15-5-7-17-19(11-15)26-9-8-25-17)20(22)21-12-14-4-6-16(23-2)18(10-14)24-3/h4-7,10-11,13H,8-9,12H2,1-3H3,(H,21,22). The quantitative estimate of drug-likeness (QED) is 0.804.